The molecule has 0 aromatic heterocycles. The summed E-state index contributed by atoms with van der Waals surface area (Å²) in [5, 5.41) is 40.3. The van der Waals surface area contributed by atoms with E-state index >= 15 is 0 Å². The molecule has 1 aromatic rings. The molecule has 3 heterocycles. The molecule has 1 spiro atoms. The lowest BCUT2D eigenvalue weighted by atomic mass is 9.34. The highest BCUT2D eigenvalue weighted by atomic mass is 16.6. The van der Waals surface area contributed by atoms with Gasteiger partial charge in [-0.3, -0.25) is 10.2 Å². The number of fused-ring (bicyclic) bond motifs is 3. The number of aliphatic hydroxyl groups excluding tert-OH is 2. The molecule has 0 amide bonds. The van der Waals surface area contributed by atoms with Crippen molar-refractivity contribution in [3.8, 4) is 11.8 Å². The van der Waals surface area contributed by atoms with Crippen LogP contribution in [0.4, 0.5) is 0 Å². The molecule has 12 atom stereocenters. The molecular weight excluding hydrogens is 705 g/mol. The Morgan fingerprint density at radius 3 is 2.59 bits per heavy atom. The van der Waals surface area contributed by atoms with E-state index < -0.39 is 51.7 Å². The van der Waals surface area contributed by atoms with Crippen molar-refractivity contribution in [3.63, 3.8) is 0 Å². The predicted molar refractivity (Wildman–Crippen MR) is 215 cm³/mol. The molecule has 56 heavy (non-hydrogen) atoms. The van der Waals surface area contributed by atoms with Crippen LogP contribution < -0.4 is 10.9 Å². The predicted octanol–water partition coefficient (Wildman–Crippen LogP) is 7.07. The van der Waals surface area contributed by atoms with Crippen molar-refractivity contribution in [1.82, 2.24) is 10.9 Å². The number of esters is 2. The van der Waals surface area contributed by atoms with E-state index in [0.717, 1.165) is 44.1 Å². The van der Waals surface area contributed by atoms with E-state index in [9.17, 15) is 24.9 Å². The number of ether oxygens (including phenoxy) is 2. The second kappa shape index (κ2) is 16.5. The van der Waals surface area contributed by atoms with Gasteiger partial charge in [-0.2, -0.15) is 0 Å². The number of benzene rings is 1. The number of hydrazine groups is 1. The van der Waals surface area contributed by atoms with Crippen LogP contribution >= 0.6 is 0 Å². The minimum atomic E-state index is -1.73. The second-order valence-electron chi connectivity index (χ2n) is 19.3. The molecule has 3 aliphatic heterocycles. The number of unbranched alkanes of at least 4 members (excludes halogenated alkanes) is 2. The molecule has 308 valence electrons. The van der Waals surface area contributed by atoms with Crippen molar-refractivity contribution in [2.24, 2.45) is 39.9 Å². The SMILES string of the molecule is CCCCCC1CC2NNC34CC(C)(C#CCCC(=O)O3)C(O)(CCC3=CC(=O)OC3)C3(C(O)CCC(C)CCCc5ccccc5)C(O)CCC(C)(C2C1)C43. The van der Waals surface area contributed by atoms with E-state index in [1.165, 1.54) is 30.9 Å². The van der Waals surface area contributed by atoms with Crippen molar-refractivity contribution in [3.05, 3.63) is 47.5 Å². The Hall–Kier alpha value is -2.74. The number of nitrogens with one attached hydrogen (secondary N) is 2. The Bertz CT molecular complexity index is 1670. The average Bonchev–Trinajstić information content (AvgIpc) is 3.79. The quantitative estimate of drug-likeness (QED) is 0.0720. The maximum absolute atomic E-state index is 14.1. The van der Waals surface area contributed by atoms with Crippen LogP contribution in [0.2, 0.25) is 0 Å². The van der Waals surface area contributed by atoms with E-state index in [-0.39, 0.29) is 50.2 Å². The summed E-state index contributed by atoms with van der Waals surface area (Å²) in [6, 6.07) is 10.6. The molecule has 0 radical (unpaired) electrons. The van der Waals surface area contributed by atoms with E-state index in [0.29, 0.717) is 43.9 Å². The molecule has 12 unspecified atom stereocenters. The van der Waals surface area contributed by atoms with Crippen LogP contribution in [0.1, 0.15) is 142 Å². The van der Waals surface area contributed by atoms with E-state index in [2.05, 4.69) is 67.7 Å². The molecule has 5 N–H and O–H groups in total. The summed E-state index contributed by atoms with van der Waals surface area (Å²) in [6.45, 7) is 8.88. The van der Waals surface area contributed by atoms with Crippen LogP contribution in [0, 0.1) is 51.8 Å². The maximum Gasteiger partial charge on any atom is 0.331 e. The smallest absolute Gasteiger partial charge is 0.331 e. The lowest BCUT2D eigenvalue weighted by molar-refractivity contribution is -0.362. The van der Waals surface area contributed by atoms with Gasteiger partial charge in [0.15, 0.2) is 5.72 Å². The number of carbonyl (C=O) groups is 2. The summed E-state index contributed by atoms with van der Waals surface area (Å²) in [5.41, 5.74) is 3.14. The van der Waals surface area contributed by atoms with Crippen molar-refractivity contribution < 1.29 is 34.4 Å². The summed E-state index contributed by atoms with van der Waals surface area (Å²) in [5.74, 6) is 6.32. The van der Waals surface area contributed by atoms with Gasteiger partial charge < -0.3 is 24.8 Å². The third kappa shape index (κ3) is 7.29. The van der Waals surface area contributed by atoms with Gasteiger partial charge in [-0.05, 0) is 105 Å². The third-order valence-electron chi connectivity index (χ3n) is 15.7. The van der Waals surface area contributed by atoms with Crippen molar-refractivity contribution >= 4 is 11.9 Å². The van der Waals surface area contributed by atoms with Gasteiger partial charge in [0, 0.05) is 30.9 Å². The van der Waals surface area contributed by atoms with Gasteiger partial charge in [0.05, 0.1) is 35.1 Å². The number of aliphatic hydroxyl groups is 3. The van der Waals surface area contributed by atoms with Crippen LogP contribution in [-0.2, 0) is 25.5 Å². The number of cyclic esters (lactones) is 1. The summed E-state index contributed by atoms with van der Waals surface area (Å²) in [6.07, 6.45) is 12.3. The number of hydrogen-bond donors (Lipinski definition) is 5. The fourth-order valence-corrected chi connectivity index (χ4v) is 13.1. The van der Waals surface area contributed by atoms with Gasteiger partial charge in [0.1, 0.15) is 6.61 Å². The summed E-state index contributed by atoms with van der Waals surface area (Å²) in [7, 11) is 0. The molecule has 1 saturated heterocycles. The molecule has 1 aromatic carbocycles. The van der Waals surface area contributed by atoms with Gasteiger partial charge in [-0.25, -0.2) is 10.2 Å². The Balaban J connectivity index is 1.32. The molecular formula is C47H68N2O7. The highest BCUT2D eigenvalue weighted by Crippen LogP contribution is 2.74. The first-order valence-electron chi connectivity index (χ1n) is 22.0. The fourth-order valence-electron chi connectivity index (χ4n) is 13.1. The highest BCUT2D eigenvalue weighted by Gasteiger charge is 2.82. The molecule has 9 nitrogen and oxygen atoms in total. The first-order valence-corrected chi connectivity index (χ1v) is 22.0. The molecule has 9 heteroatoms. The molecule has 6 aliphatic rings. The van der Waals surface area contributed by atoms with Crippen LogP contribution in [0.25, 0.3) is 0 Å². The van der Waals surface area contributed by atoms with Gasteiger partial charge in [-0.15, -0.1) is 5.92 Å². The standard InChI is InChI=1S/C47H68N2O7/c1-5-6-8-17-34-27-36-37(28-34)48-49-45-31-43(3,24-12-11-19-40(52)56-45)46(54,26-22-35-29-41(53)55-30-35)47(39(51)23-25-44(36,4)42(45)47)38(50)21-20-32(2)14-13-18-33-15-9-7-10-16-33/h7,9-10,15-16,29,32,34,36-39,42,48-51,54H,5-6,8,11,13-14,17-23,25-28,30-31H2,1-4H3. The normalized spacial score (nSPS) is 39.9. The molecule has 3 aliphatic carbocycles. The molecule has 4 fully saturated rings. The minimum absolute atomic E-state index is 0.102. The summed E-state index contributed by atoms with van der Waals surface area (Å²) < 4.78 is 12.1. The van der Waals surface area contributed by atoms with Crippen LogP contribution in [0.15, 0.2) is 42.0 Å². The van der Waals surface area contributed by atoms with Crippen LogP contribution in [-0.4, -0.2) is 63.4 Å². The van der Waals surface area contributed by atoms with Crippen LogP contribution in [0.3, 0.4) is 0 Å². The fraction of sp³-hybridized carbons (Fsp3) is 0.745. The lowest BCUT2D eigenvalue weighted by Crippen LogP contribution is -2.84. The number of aryl methyl sites for hydroxylation is 1. The minimum Gasteiger partial charge on any atom is -0.458 e. The van der Waals surface area contributed by atoms with Crippen LogP contribution in [0.5, 0.6) is 0 Å². The zero-order chi connectivity index (χ0) is 39.8. The maximum atomic E-state index is 14.1. The Kier molecular flexibility index (Phi) is 12.2. The third-order valence-corrected chi connectivity index (χ3v) is 15.7. The number of rotatable bonds is 15. The largest absolute Gasteiger partial charge is 0.458 e. The summed E-state index contributed by atoms with van der Waals surface area (Å²) in [4.78, 5) is 26.1. The summed E-state index contributed by atoms with van der Waals surface area (Å²) >= 11 is 0. The van der Waals surface area contributed by atoms with Gasteiger partial charge in [-0.1, -0.05) is 89.1 Å². The number of hydrogen-bond acceptors (Lipinski definition) is 9. The van der Waals surface area contributed by atoms with Gasteiger partial charge in [0.2, 0.25) is 0 Å². The zero-order valence-corrected chi connectivity index (χ0v) is 34.4. The lowest BCUT2D eigenvalue weighted by Gasteiger charge is -2.73. The van der Waals surface area contributed by atoms with E-state index in [1.807, 2.05) is 13.0 Å². The first kappa shape index (κ1) is 41.4. The average molecular weight is 773 g/mol. The Labute approximate surface area is 335 Å². The number of carbonyl (C=O) groups excluding carboxylic acids is 2. The van der Waals surface area contributed by atoms with Gasteiger partial charge in [0.25, 0.3) is 0 Å². The molecule has 3 saturated carbocycles. The monoisotopic (exact) mass is 773 g/mol. The van der Waals surface area contributed by atoms with E-state index in [4.69, 9.17) is 9.47 Å². The van der Waals surface area contributed by atoms with Crippen molar-refractivity contribution in [2.75, 3.05) is 6.61 Å². The topological polar surface area (TPSA) is 137 Å². The van der Waals surface area contributed by atoms with Gasteiger partial charge >= 0.3 is 11.9 Å². The second-order valence-corrected chi connectivity index (χ2v) is 19.3. The van der Waals surface area contributed by atoms with Crippen molar-refractivity contribution in [1.29, 1.82) is 0 Å². The zero-order valence-electron chi connectivity index (χ0n) is 34.4. The molecule has 7 rings (SSSR count). The van der Waals surface area contributed by atoms with E-state index in [1.54, 1.807) is 0 Å². The van der Waals surface area contributed by atoms with Crippen molar-refractivity contribution in [2.45, 2.75) is 173 Å². The molecule has 2 bridgehead atoms. The Morgan fingerprint density at radius 2 is 1.84 bits per heavy atom. The first-order chi connectivity index (χ1) is 26.8. The Morgan fingerprint density at radius 1 is 1.04 bits per heavy atom. The highest BCUT2D eigenvalue weighted by molar-refractivity contribution is 5.85.